The number of nitrogens with one attached hydrogen (secondary N) is 2. The predicted octanol–water partition coefficient (Wildman–Crippen LogP) is 0.224. The minimum absolute atomic E-state index is 0.122. The Morgan fingerprint density at radius 2 is 2.06 bits per heavy atom. The van der Waals surface area contributed by atoms with E-state index in [1.165, 1.54) is 6.33 Å². The van der Waals surface area contributed by atoms with Gasteiger partial charge in [0.25, 0.3) is 5.56 Å². The largest absolute Gasteiger partial charge is 0.394 e. The molecule has 5 aromatic rings. The van der Waals surface area contributed by atoms with Crippen molar-refractivity contribution in [2.75, 3.05) is 17.7 Å². The van der Waals surface area contributed by atoms with Crippen LogP contribution in [-0.2, 0) is 11.8 Å². The quantitative estimate of drug-likeness (QED) is 0.237. The van der Waals surface area contributed by atoms with Gasteiger partial charge in [0.1, 0.15) is 28.9 Å². The number of anilines is 3. The maximum atomic E-state index is 12.8. The molecule has 1 aliphatic rings. The summed E-state index contributed by atoms with van der Waals surface area (Å²) in [5.74, 6) is 0.484. The number of benzene rings is 1. The Bertz CT molecular complexity index is 1670. The van der Waals surface area contributed by atoms with E-state index in [2.05, 4.69) is 35.2 Å². The molecular formula is C21H22N10O4. The van der Waals surface area contributed by atoms with Crippen molar-refractivity contribution < 1.29 is 14.9 Å². The fraction of sp³-hybridized carbons (Fsp3) is 0.333. The number of aromatic nitrogens is 8. The molecule has 1 saturated heterocycles. The highest BCUT2D eigenvalue weighted by Gasteiger charge is 2.35. The SMILES string of the molecule is Cc1cnc2c(Nc3nc4c(ncn4C4CC(O)C(CO)O4)c(=O)[nH]3)cc3c(nc(N)n3C)c2n1. The van der Waals surface area contributed by atoms with Crippen LogP contribution in [0.5, 0.6) is 0 Å². The Hall–Kier alpha value is -4.14. The van der Waals surface area contributed by atoms with E-state index in [0.29, 0.717) is 28.2 Å². The van der Waals surface area contributed by atoms with Crippen molar-refractivity contribution in [3.8, 4) is 0 Å². The molecule has 0 spiro atoms. The third-order valence-electron chi connectivity index (χ3n) is 6.21. The number of nitrogens with two attached hydrogens (primary N) is 1. The first-order valence-corrected chi connectivity index (χ1v) is 10.9. The second kappa shape index (κ2) is 7.69. The van der Waals surface area contributed by atoms with Gasteiger partial charge in [0, 0.05) is 19.7 Å². The van der Waals surface area contributed by atoms with Gasteiger partial charge in [0.05, 0.1) is 35.9 Å². The molecule has 5 heterocycles. The van der Waals surface area contributed by atoms with Crippen LogP contribution in [0, 0.1) is 6.92 Å². The topological polar surface area (TPSA) is 195 Å². The summed E-state index contributed by atoms with van der Waals surface area (Å²) in [5.41, 5.74) is 9.68. The number of H-pyrrole nitrogens is 1. The second-order valence-corrected chi connectivity index (χ2v) is 8.51. The number of aryl methyl sites for hydroxylation is 2. The molecule has 14 heteroatoms. The number of hydrogen-bond acceptors (Lipinski definition) is 11. The van der Waals surface area contributed by atoms with Crippen LogP contribution in [0.4, 0.5) is 17.6 Å². The summed E-state index contributed by atoms with van der Waals surface area (Å²) in [6, 6.07) is 1.81. The molecule has 180 valence electrons. The van der Waals surface area contributed by atoms with Gasteiger partial charge in [-0.2, -0.15) is 4.98 Å². The van der Waals surface area contributed by atoms with E-state index in [9.17, 15) is 15.0 Å². The van der Waals surface area contributed by atoms with Crippen molar-refractivity contribution in [3.05, 3.63) is 34.6 Å². The Morgan fingerprint density at radius 1 is 1.23 bits per heavy atom. The molecule has 35 heavy (non-hydrogen) atoms. The number of rotatable bonds is 4. The van der Waals surface area contributed by atoms with Crippen molar-refractivity contribution in [1.82, 2.24) is 39.0 Å². The maximum absolute atomic E-state index is 12.8. The molecule has 14 nitrogen and oxygen atoms in total. The summed E-state index contributed by atoms with van der Waals surface area (Å²) in [7, 11) is 1.80. The lowest BCUT2D eigenvalue weighted by molar-refractivity contribution is -0.0432. The maximum Gasteiger partial charge on any atom is 0.280 e. The van der Waals surface area contributed by atoms with Gasteiger partial charge in [-0.1, -0.05) is 0 Å². The number of fused-ring (bicyclic) bond motifs is 4. The fourth-order valence-electron chi connectivity index (χ4n) is 4.38. The van der Waals surface area contributed by atoms with Crippen LogP contribution >= 0.6 is 0 Å². The molecule has 0 radical (unpaired) electrons. The summed E-state index contributed by atoms with van der Waals surface area (Å²) in [5, 5.41) is 22.7. The van der Waals surface area contributed by atoms with Gasteiger partial charge < -0.3 is 30.6 Å². The van der Waals surface area contributed by atoms with Gasteiger partial charge in [-0.25, -0.2) is 15.0 Å². The van der Waals surface area contributed by atoms with Crippen molar-refractivity contribution in [1.29, 1.82) is 0 Å². The van der Waals surface area contributed by atoms with Gasteiger partial charge in [0.2, 0.25) is 11.9 Å². The van der Waals surface area contributed by atoms with Crippen LogP contribution in [0.15, 0.2) is 23.4 Å². The Morgan fingerprint density at radius 3 is 2.83 bits per heavy atom. The van der Waals surface area contributed by atoms with Crippen molar-refractivity contribution in [2.45, 2.75) is 31.8 Å². The average Bonchev–Trinajstić information content (AvgIpc) is 3.50. The Balaban J connectivity index is 1.48. The Labute approximate surface area is 196 Å². The predicted molar refractivity (Wildman–Crippen MR) is 126 cm³/mol. The number of ether oxygens (including phenoxy) is 1. The van der Waals surface area contributed by atoms with Gasteiger partial charge in [-0.15, -0.1) is 0 Å². The molecule has 4 aromatic heterocycles. The molecule has 0 saturated carbocycles. The summed E-state index contributed by atoms with van der Waals surface area (Å²) in [4.78, 5) is 37.8. The number of aliphatic hydroxyl groups is 2. The van der Waals surface area contributed by atoms with E-state index in [0.717, 1.165) is 11.2 Å². The summed E-state index contributed by atoms with van der Waals surface area (Å²) < 4.78 is 9.02. The van der Waals surface area contributed by atoms with E-state index in [1.807, 2.05) is 13.0 Å². The van der Waals surface area contributed by atoms with Gasteiger partial charge in [-0.05, 0) is 13.0 Å². The first-order chi connectivity index (χ1) is 16.8. The van der Waals surface area contributed by atoms with E-state index in [4.69, 9.17) is 10.5 Å². The molecule has 0 bridgehead atoms. The van der Waals surface area contributed by atoms with Crippen molar-refractivity contribution in [2.24, 2.45) is 7.05 Å². The first kappa shape index (κ1) is 21.4. The van der Waals surface area contributed by atoms with E-state index >= 15 is 0 Å². The summed E-state index contributed by atoms with van der Waals surface area (Å²) in [6.45, 7) is 1.52. The zero-order chi connectivity index (χ0) is 24.4. The number of nitrogens with zero attached hydrogens (tertiary/aromatic N) is 7. The number of hydrogen-bond donors (Lipinski definition) is 5. The molecule has 3 atom stereocenters. The van der Waals surface area contributed by atoms with Crippen LogP contribution in [0.1, 0.15) is 18.3 Å². The molecule has 1 aromatic carbocycles. The highest BCUT2D eigenvalue weighted by atomic mass is 16.5. The molecule has 1 fully saturated rings. The van der Waals surface area contributed by atoms with Gasteiger partial charge in [0.15, 0.2) is 11.2 Å². The number of imidazole rings is 2. The summed E-state index contributed by atoms with van der Waals surface area (Å²) >= 11 is 0. The second-order valence-electron chi connectivity index (χ2n) is 8.51. The zero-order valence-corrected chi connectivity index (χ0v) is 18.8. The molecule has 6 rings (SSSR count). The number of nitrogen functional groups attached to an aromatic ring is 1. The Kier molecular flexibility index (Phi) is 4.70. The molecule has 1 aliphatic heterocycles. The van der Waals surface area contributed by atoms with E-state index in [1.54, 1.807) is 22.4 Å². The zero-order valence-electron chi connectivity index (χ0n) is 18.8. The third-order valence-corrected chi connectivity index (χ3v) is 6.21. The number of aromatic amines is 1. The molecular weight excluding hydrogens is 456 g/mol. The monoisotopic (exact) mass is 478 g/mol. The van der Waals surface area contributed by atoms with Crippen LogP contribution in [0.25, 0.3) is 33.2 Å². The smallest absolute Gasteiger partial charge is 0.280 e. The minimum atomic E-state index is -0.839. The molecule has 0 amide bonds. The normalized spacial score (nSPS) is 20.4. The average molecular weight is 478 g/mol. The highest BCUT2D eigenvalue weighted by molar-refractivity contribution is 6.07. The van der Waals surface area contributed by atoms with Gasteiger partial charge in [-0.3, -0.25) is 19.3 Å². The fourth-order valence-corrected chi connectivity index (χ4v) is 4.38. The van der Waals surface area contributed by atoms with Crippen LogP contribution in [0.2, 0.25) is 0 Å². The summed E-state index contributed by atoms with van der Waals surface area (Å²) in [6.07, 6.45) is 1.11. The molecule has 3 unspecified atom stereocenters. The minimum Gasteiger partial charge on any atom is -0.394 e. The molecule has 6 N–H and O–H groups in total. The van der Waals surface area contributed by atoms with Crippen molar-refractivity contribution >= 4 is 50.8 Å². The van der Waals surface area contributed by atoms with Crippen molar-refractivity contribution in [3.63, 3.8) is 0 Å². The van der Waals surface area contributed by atoms with Crippen LogP contribution in [-0.4, -0.2) is 68.1 Å². The molecule has 0 aliphatic carbocycles. The lowest BCUT2D eigenvalue weighted by Crippen LogP contribution is -2.24. The van der Waals surface area contributed by atoms with Crippen LogP contribution < -0.4 is 16.6 Å². The van der Waals surface area contributed by atoms with E-state index < -0.39 is 24.0 Å². The van der Waals surface area contributed by atoms with Crippen LogP contribution in [0.3, 0.4) is 0 Å². The van der Waals surface area contributed by atoms with Gasteiger partial charge >= 0.3 is 0 Å². The highest BCUT2D eigenvalue weighted by Crippen LogP contribution is 2.33. The van der Waals surface area contributed by atoms with E-state index in [-0.39, 0.29) is 30.1 Å². The standard InChI is InChI=1S/C21H22N10O4/c1-8-5-23-14-9(3-10-15(16(14)25-8)27-20(22)30(10)2)26-21-28-18-17(19(34)29-21)24-7-31(18)13-4-11(33)12(6-32)35-13/h3,5,7,11-13,32-33H,4,6H2,1-2H3,(H2,22,27)(H2,26,28,29,34). The third kappa shape index (κ3) is 3.30. The number of aliphatic hydroxyl groups excluding tert-OH is 2. The lowest BCUT2D eigenvalue weighted by atomic mass is 10.2. The lowest BCUT2D eigenvalue weighted by Gasteiger charge is -2.14. The first-order valence-electron chi connectivity index (χ1n) is 10.9.